The Morgan fingerprint density at radius 3 is 1.17 bits per heavy atom. The van der Waals surface area contributed by atoms with Crippen molar-refractivity contribution in [1.29, 1.82) is 0 Å². The highest BCUT2D eigenvalue weighted by Gasteiger charge is 2.28. The number of aliphatic hydroxyl groups excluding tert-OH is 1. The molecule has 0 bridgehead atoms. The molecular formula is C72H81Cl5F5N27O4S3. The zero-order chi connectivity index (χ0) is 83.2. The summed E-state index contributed by atoms with van der Waals surface area (Å²) in [7, 11) is 6.70. The number of aromatic nitrogens is 17. The van der Waals surface area contributed by atoms with Gasteiger partial charge in [-0.15, -0.1) is 34.0 Å². The first-order valence-electron chi connectivity index (χ1n) is 35.6. The van der Waals surface area contributed by atoms with Crippen LogP contribution in [0.25, 0.3) is 55.2 Å². The maximum Gasteiger partial charge on any atom is 0.226 e. The van der Waals surface area contributed by atoms with Crippen LogP contribution in [-0.2, 0) is 90.7 Å². The van der Waals surface area contributed by atoms with Gasteiger partial charge >= 0.3 is 0 Å². The molecule has 0 spiro atoms. The molecule has 0 aromatic carbocycles. The summed E-state index contributed by atoms with van der Waals surface area (Å²) < 4.78 is 94.4. The Balaban J connectivity index is 0.000000143. The van der Waals surface area contributed by atoms with Gasteiger partial charge in [-0.05, 0) is 114 Å². The molecule has 0 aliphatic carbocycles. The lowest BCUT2D eigenvalue weighted by molar-refractivity contribution is 0.179. The number of hydrogen-bond donors (Lipinski definition) is 13. The van der Waals surface area contributed by atoms with Crippen LogP contribution < -0.4 is 55.3 Å². The van der Waals surface area contributed by atoms with E-state index >= 15 is 4.39 Å². The topological polar surface area (TPSA) is 447 Å². The molecule has 15 aromatic heterocycles. The highest BCUT2D eigenvalue weighted by atomic mass is 35.5. The quantitative estimate of drug-likeness (QED) is 0.0160. The molecule has 0 aliphatic rings. The lowest BCUT2D eigenvalue weighted by Gasteiger charge is -2.11. The second kappa shape index (κ2) is 40.1. The van der Waals surface area contributed by atoms with Gasteiger partial charge in [-0.2, -0.15) is 49.8 Å². The molecule has 0 fully saturated rings. The third kappa shape index (κ3) is 21.6. The second-order valence-electron chi connectivity index (χ2n) is 26.5. The van der Waals surface area contributed by atoms with Crippen LogP contribution in [0.2, 0.25) is 26.4 Å². The summed E-state index contributed by atoms with van der Waals surface area (Å²) in [5.41, 5.74) is 33.0. The van der Waals surface area contributed by atoms with Crippen LogP contribution in [-0.4, -0.2) is 139 Å². The molecular weight excluding hydrogens is 1680 g/mol. The van der Waals surface area contributed by atoms with Crippen LogP contribution >= 0.6 is 92.0 Å². The van der Waals surface area contributed by atoms with Crippen molar-refractivity contribution in [2.24, 2.45) is 49.8 Å². The average Bonchev–Trinajstić information content (AvgIpc) is 1.63. The highest BCUT2D eigenvalue weighted by molar-refractivity contribution is 7.10. The number of methoxy groups -OCH3 is 1. The molecule has 0 aliphatic heterocycles. The molecule has 15 heterocycles. The summed E-state index contributed by atoms with van der Waals surface area (Å²) in [5, 5.41) is 33.6. The van der Waals surface area contributed by atoms with Gasteiger partial charge in [0.1, 0.15) is 78.9 Å². The predicted octanol–water partition coefficient (Wildman–Crippen LogP) is 13.1. The Kier molecular flexibility index (Phi) is 30.1. The predicted molar refractivity (Wildman–Crippen MR) is 445 cm³/mol. The van der Waals surface area contributed by atoms with E-state index in [0.29, 0.717) is 167 Å². The molecule has 18 N–H and O–H groups in total. The van der Waals surface area contributed by atoms with E-state index in [9.17, 15) is 17.6 Å². The maximum absolute atomic E-state index is 15.0. The van der Waals surface area contributed by atoms with Crippen molar-refractivity contribution in [2.45, 2.75) is 116 Å². The standard InChI is InChI=1S/C16H19ClFN5O2.C15H17ClFN5O2.C14H16ClFN6S.C14H15ClFN5S.C13H14ClFN6S/c1-23-11(6-9(19)8-24-2)13(18)12-14(21-16(17)22-15(12)23)20-7-10-4-3-5-25-10;1-22-10(5-8(18)7-23)12(17)11-13(20-15(16)21-14(11)22)19-6-9-3-2-4-24-9;1-7(17)5-8-11(16)10-12(19-6-9-18-3-4-23-9)20-14(15)21-13(10)22(8)2;1-7(17)5-9-11(16)10-12(18-6-8-3-2-4-22-8)20-14(15)21-13(10)19-9;1-6(16)4-7-10(15)9-11(18-5-8-17-2-3-22-8)20-13(14)21-12(9)19-7/h3-5,9H,6-8,19H2,1-2H3,(H,20,21,22);2-4,8,23H,5-7,18H2,1H3,(H,19,20,21);3-4,7H,5-6,17H2,1-2H3,(H,19,20,21);2-4,7H,5-6,17H2,1H3,(H2,18,19,20,21);2-3,6H,4-5,16H2,1H3,(H2,18,19,20,21)/t9-;8-;2*7-;6-/m11000/s1. The van der Waals surface area contributed by atoms with Gasteiger partial charge in [0.25, 0.3) is 0 Å². The zero-order valence-corrected chi connectivity index (χ0v) is 69.4. The number of nitrogens with one attached hydrogen (secondary N) is 7. The fraction of sp³-hybridized carbons (Fsp3) is 0.333. The van der Waals surface area contributed by atoms with E-state index in [1.54, 1.807) is 96.4 Å². The van der Waals surface area contributed by atoms with Crippen LogP contribution in [0.1, 0.15) is 75.7 Å². The van der Waals surface area contributed by atoms with Crippen molar-refractivity contribution in [1.82, 2.24) is 83.5 Å². The number of H-pyrrole nitrogens is 2. The number of fused-ring (bicyclic) bond motifs is 5. The van der Waals surface area contributed by atoms with Crippen LogP contribution in [0.5, 0.6) is 0 Å². The van der Waals surface area contributed by atoms with Gasteiger partial charge in [0.05, 0.1) is 114 Å². The Morgan fingerprint density at radius 1 is 0.457 bits per heavy atom. The zero-order valence-electron chi connectivity index (χ0n) is 63.1. The molecule has 15 rings (SSSR count). The second-order valence-corrected chi connectivity index (χ2v) is 31.2. The number of ether oxygens (including phenoxy) is 1. The number of hydrogen-bond acceptors (Lipinski definition) is 29. The van der Waals surface area contributed by atoms with E-state index in [-0.39, 0.29) is 97.2 Å². The van der Waals surface area contributed by atoms with E-state index in [1.165, 1.54) is 22.7 Å². The first-order chi connectivity index (χ1) is 55.6. The molecule has 44 heteroatoms. The number of rotatable bonds is 28. The largest absolute Gasteiger partial charge is 0.467 e. The van der Waals surface area contributed by atoms with Crippen molar-refractivity contribution in [2.75, 3.05) is 46.9 Å². The van der Waals surface area contributed by atoms with Crippen molar-refractivity contribution in [3.8, 4) is 0 Å². The highest BCUT2D eigenvalue weighted by Crippen LogP contribution is 2.36. The summed E-state index contributed by atoms with van der Waals surface area (Å²) in [6, 6.07) is 9.71. The number of nitrogens with zero attached hydrogens (tertiary/aromatic N) is 15. The molecule has 0 saturated carbocycles. The number of furan rings is 2. The number of aliphatic hydroxyl groups is 1. The Bertz CT molecular complexity index is 5600. The van der Waals surface area contributed by atoms with Gasteiger partial charge in [-0.1, -0.05) is 6.07 Å². The Morgan fingerprint density at radius 2 is 0.828 bits per heavy atom. The number of thiazole rings is 2. The van der Waals surface area contributed by atoms with Gasteiger partial charge in [0, 0.05) is 119 Å². The molecule has 116 heavy (non-hydrogen) atoms. The minimum atomic E-state index is -0.564. The van der Waals surface area contributed by atoms with E-state index in [4.69, 9.17) is 105 Å². The van der Waals surface area contributed by atoms with E-state index in [0.717, 1.165) is 14.9 Å². The van der Waals surface area contributed by atoms with Gasteiger partial charge in [0.2, 0.25) is 26.4 Å². The normalized spacial score (nSPS) is 12.7. The van der Waals surface area contributed by atoms with Crippen LogP contribution in [0, 0.1) is 29.1 Å². The van der Waals surface area contributed by atoms with Gasteiger partial charge in [0.15, 0.2) is 29.1 Å². The minimum absolute atomic E-state index is 0.00283. The summed E-state index contributed by atoms with van der Waals surface area (Å²) in [6.07, 6.45) is 8.20. The van der Waals surface area contributed by atoms with Gasteiger partial charge in [-0.3, -0.25) is 0 Å². The van der Waals surface area contributed by atoms with Gasteiger partial charge in [-0.25, -0.2) is 31.9 Å². The Labute approximate surface area is 696 Å². The van der Waals surface area contributed by atoms with Crippen molar-refractivity contribution >= 4 is 176 Å². The van der Waals surface area contributed by atoms with Crippen molar-refractivity contribution < 1.29 is 40.6 Å². The molecule has 31 nitrogen and oxygen atoms in total. The number of thiophene rings is 1. The summed E-state index contributed by atoms with van der Waals surface area (Å²) in [5.74, 6) is 1.02. The van der Waals surface area contributed by atoms with Crippen molar-refractivity contribution in [3.63, 3.8) is 0 Å². The molecule has 5 atom stereocenters. The number of aryl methyl sites for hydroxylation is 3. The molecule has 15 aromatic rings. The van der Waals surface area contributed by atoms with E-state index < -0.39 is 23.5 Å². The maximum atomic E-state index is 15.0. The molecule has 616 valence electrons. The lowest BCUT2D eigenvalue weighted by Crippen LogP contribution is -2.29. The number of anilines is 5. The summed E-state index contributed by atoms with van der Waals surface area (Å²) >= 11 is 34.4. The molecule has 0 saturated heterocycles. The molecule has 0 amide bonds. The third-order valence-corrected chi connectivity index (χ3v) is 20.6. The smallest absolute Gasteiger partial charge is 0.226 e. The van der Waals surface area contributed by atoms with E-state index in [2.05, 4.69) is 96.4 Å². The fourth-order valence-corrected chi connectivity index (χ4v) is 14.7. The molecule has 0 radical (unpaired) electrons. The van der Waals surface area contributed by atoms with Crippen molar-refractivity contribution in [3.05, 3.63) is 188 Å². The van der Waals surface area contributed by atoms with Crippen LogP contribution in [0.3, 0.4) is 0 Å². The fourth-order valence-electron chi connectivity index (χ4n) is 12.2. The van der Waals surface area contributed by atoms with E-state index in [1.807, 2.05) is 55.1 Å². The summed E-state index contributed by atoms with van der Waals surface area (Å²) in [6.45, 7) is 7.66. The SMILES string of the molecule is COC[C@H](N)Cc1c(F)c2c(NCc3ccco3)nc(Cl)nc2n1C.C[C@H](N)Cc1[nH]c2nc(Cl)nc(NCc3cccs3)c2c1F.C[C@H](N)Cc1[nH]c2nc(Cl)nc(NCc3nccs3)c2c1F.C[C@H](N)Cc1c(F)c2c(NCc3nccs3)nc(Cl)nc2n1C.Cn1c(C[C@@H](N)CO)c(F)c2c(NCc3ccco3)nc(Cl)nc21. The number of halogens is 10. The average molecular weight is 1760 g/mol. The molecule has 0 unspecified atom stereocenters. The number of nitrogens with two attached hydrogens (primary N) is 5. The Hall–Kier alpha value is -9.56. The number of aromatic amines is 2. The third-order valence-electron chi connectivity index (χ3n) is 17.4. The van der Waals surface area contributed by atoms with Gasteiger partial charge < -0.3 is 97.6 Å². The van der Waals surface area contributed by atoms with Crippen LogP contribution in [0.15, 0.2) is 86.3 Å². The van der Waals surface area contributed by atoms with Crippen LogP contribution in [0.4, 0.5) is 51.0 Å². The minimum Gasteiger partial charge on any atom is -0.467 e. The first-order valence-corrected chi connectivity index (χ1v) is 40.1. The monoisotopic (exact) mass is 1750 g/mol. The first kappa shape index (κ1) is 87.3. The summed E-state index contributed by atoms with van der Waals surface area (Å²) in [4.78, 5) is 56.4. The lowest BCUT2D eigenvalue weighted by atomic mass is 10.1.